The van der Waals surface area contributed by atoms with Crippen molar-refractivity contribution in [3.05, 3.63) is 23.3 Å². The van der Waals surface area contributed by atoms with Crippen molar-refractivity contribution in [2.45, 2.75) is 105 Å². The number of fused-ring (bicyclic) bond motifs is 5. The lowest BCUT2D eigenvalue weighted by Gasteiger charge is -2.55. The molecule has 0 heterocycles. The Balaban J connectivity index is 1.48. The first kappa shape index (κ1) is 22.6. The summed E-state index contributed by atoms with van der Waals surface area (Å²) < 4.78 is 0. The van der Waals surface area contributed by atoms with Crippen LogP contribution in [-0.4, -0.2) is 11.7 Å². The molecule has 0 bridgehead atoms. The number of rotatable bonds is 7. The quantitative estimate of drug-likeness (QED) is 0.450. The van der Waals surface area contributed by atoms with E-state index in [1.165, 1.54) is 64.2 Å². The molecule has 0 aromatic carbocycles. The SMILES string of the molecule is CC(C)[C@H](CCO)CC[C@@H](C)[C@H]1CC[C@H]2C3=CC=C4CCCC[C@]4(C)[C@H]3CC[C@]12C. The molecule has 4 aliphatic carbocycles. The van der Waals surface area contributed by atoms with Crippen LogP contribution in [0, 0.1) is 46.3 Å². The molecule has 1 N–H and O–H groups in total. The van der Waals surface area contributed by atoms with Gasteiger partial charge in [-0.25, -0.2) is 0 Å². The van der Waals surface area contributed by atoms with Crippen LogP contribution < -0.4 is 0 Å². The maximum absolute atomic E-state index is 9.46. The van der Waals surface area contributed by atoms with Gasteiger partial charge in [0.15, 0.2) is 0 Å². The standard InChI is InChI=1S/C29H48O/c1-20(2)22(16-19-30)10-9-21(3)25-13-14-26-24-12-11-23-8-6-7-17-28(23,4)27(24)15-18-29(25,26)5/h11-12,20-22,25-27,30H,6-10,13-19H2,1-5H3/t21-,22+,25-,26+,27+,28+,29-/m1/s1. The van der Waals surface area contributed by atoms with E-state index in [9.17, 15) is 5.11 Å². The van der Waals surface area contributed by atoms with E-state index >= 15 is 0 Å². The minimum atomic E-state index is 0.351. The van der Waals surface area contributed by atoms with E-state index in [1.807, 2.05) is 5.57 Å². The summed E-state index contributed by atoms with van der Waals surface area (Å²) in [5.41, 5.74) is 4.62. The van der Waals surface area contributed by atoms with Gasteiger partial charge in [0.1, 0.15) is 0 Å². The molecule has 7 atom stereocenters. The maximum atomic E-state index is 9.46. The van der Waals surface area contributed by atoms with Crippen LogP contribution >= 0.6 is 0 Å². The molecule has 170 valence electrons. The Morgan fingerprint density at radius 1 is 0.933 bits per heavy atom. The molecule has 4 aliphatic rings. The van der Waals surface area contributed by atoms with Gasteiger partial charge in [-0.05, 0) is 104 Å². The Labute approximate surface area is 186 Å². The first-order chi connectivity index (χ1) is 14.3. The Morgan fingerprint density at radius 2 is 1.73 bits per heavy atom. The van der Waals surface area contributed by atoms with Gasteiger partial charge in [0.05, 0.1) is 0 Å². The molecule has 30 heavy (non-hydrogen) atoms. The van der Waals surface area contributed by atoms with Crippen LogP contribution in [0.5, 0.6) is 0 Å². The summed E-state index contributed by atoms with van der Waals surface area (Å²) >= 11 is 0. The monoisotopic (exact) mass is 412 g/mol. The summed E-state index contributed by atoms with van der Waals surface area (Å²) in [5.74, 6) is 4.75. The minimum absolute atomic E-state index is 0.351. The Kier molecular flexibility index (Phi) is 6.61. The number of aliphatic hydroxyl groups excluding tert-OH is 1. The van der Waals surface area contributed by atoms with Gasteiger partial charge in [0, 0.05) is 6.61 Å². The predicted molar refractivity (Wildman–Crippen MR) is 128 cm³/mol. The maximum Gasteiger partial charge on any atom is 0.0433 e. The normalized spacial score (nSPS) is 40.2. The molecule has 1 nitrogen and oxygen atoms in total. The molecular formula is C29H48O. The molecule has 0 saturated heterocycles. The molecular weight excluding hydrogens is 364 g/mol. The van der Waals surface area contributed by atoms with Crippen LogP contribution in [0.1, 0.15) is 105 Å². The highest BCUT2D eigenvalue weighted by Crippen LogP contribution is 2.66. The third-order valence-electron chi connectivity index (χ3n) is 10.7. The van der Waals surface area contributed by atoms with Crippen LogP contribution in [-0.2, 0) is 0 Å². The summed E-state index contributed by atoms with van der Waals surface area (Å²) in [6.45, 7) is 12.9. The van der Waals surface area contributed by atoms with Gasteiger partial charge in [0.2, 0.25) is 0 Å². The van der Waals surface area contributed by atoms with Crippen molar-refractivity contribution >= 4 is 0 Å². The molecule has 0 amide bonds. The molecule has 4 rings (SSSR count). The van der Waals surface area contributed by atoms with Crippen LogP contribution in [0.2, 0.25) is 0 Å². The van der Waals surface area contributed by atoms with E-state index in [1.54, 1.807) is 5.57 Å². The van der Waals surface area contributed by atoms with Gasteiger partial charge in [-0.2, -0.15) is 0 Å². The number of allylic oxidation sites excluding steroid dienone is 4. The lowest BCUT2D eigenvalue weighted by Crippen LogP contribution is -2.45. The minimum Gasteiger partial charge on any atom is -0.396 e. The van der Waals surface area contributed by atoms with E-state index in [0.29, 0.717) is 29.3 Å². The summed E-state index contributed by atoms with van der Waals surface area (Å²) in [7, 11) is 0. The second kappa shape index (κ2) is 8.76. The Hall–Kier alpha value is -0.560. The molecule has 3 fully saturated rings. The van der Waals surface area contributed by atoms with E-state index < -0.39 is 0 Å². The average molecular weight is 413 g/mol. The van der Waals surface area contributed by atoms with Gasteiger partial charge in [-0.15, -0.1) is 0 Å². The molecule has 0 aromatic heterocycles. The van der Waals surface area contributed by atoms with Crippen molar-refractivity contribution in [1.82, 2.24) is 0 Å². The topological polar surface area (TPSA) is 20.2 Å². The average Bonchev–Trinajstić information content (AvgIpc) is 3.07. The van der Waals surface area contributed by atoms with Crippen LogP contribution in [0.4, 0.5) is 0 Å². The number of hydrogen-bond donors (Lipinski definition) is 1. The Morgan fingerprint density at radius 3 is 2.47 bits per heavy atom. The predicted octanol–water partition coefficient (Wildman–Crippen LogP) is 7.95. The lowest BCUT2D eigenvalue weighted by atomic mass is 9.50. The van der Waals surface area contributed by atoms with Crippen molar-refractivity contribution in [2.75, 3.05) is 6.61 Å². The van der Waals surface area contributed by atoms with Crippen molar-refractivity contribution in [3.63, 3.8) is 0 Å². The molecule has 0 unspecified atom stereocenters. The van der Waals surface area contributed by atoms with E-state index in [-0.39, 0.29) is 0 Å². The molecule has 1 heteroatoms. The number of hydrogen-bond acceptors (Lipinski definition) is 1. The fourth-order valence-electron chi connectivity index (χ4n) is 8.67. The van der Waals surface area contributed by atoms with E-state index in [4.69, 9.17) is 0 Å². The largest absolute Gasteiger partial charge is 0.396 e. The zero-order chi connectivity index (χ0) is 21.5. The fraction of sp³-hybridized carbons (Fsp3) is 0.862. The van der Waals surface area contributed by atoms with E-state index in [2.05, 4.69) is 46.8 Å². The van der Waals surface area contributed by atoms with Crippen molar-refractivity contribution in [1.29, 1.82) is 0 Å². The van der Waals surface area contributed by atoms with Gasteiger partial charge >= 0.3 is 0 Å². The van der Waals surface area contributed by atoms with Gasteiger partial charge in [0.25, 0.3) is 0 Å². The van der Waals surface area contributed by atoms with Crippen LogP contribution in [0.15, 0.2) is 23.3 Å². The zero-order valence-corrected chi connectivity index (χ0v) is 20.6. The summed E-state index contributed by atoms with van der Waals surface area (Å²) in [6, 6.07) is 0. The van der Waals surface area contributed by atoms with E-state index in [0.717, 1.165) is 30.1 Å². The number of aliphatic hydroxyl groups is 1. The molecule has 0 radical (unpaired) electrons. The summed E-state index contributed by atoms with van der Waals surface area (Å²) in [6.07, 6.45) is 20.2. The highest BCUT2D eigenvalue weighted by Gasteiger charge is 2.56. The first-order valence-electron chi connectivity index (χ1n) is 13.3. The van der Waals surface area contributed by atoms with Crippen LogP contribution in [0.3, 0.4) is 0 Å². The van der Waals surface area contributed by atoms with Gasteiger partial charge in [-0.3, -0.25) is 0 Å². The summed E-state index contributed by atoms with van der Waals surface area (Å²) in [5, 5.41) is 9.46. The zero-order valence-electron chi connectivity index (χ0n) is 20.6. The van der Waals surface area contributed by atoms with Crippen molar-refractivity contribution in [2.24, 2.45) is 46.3 Å². The van der Waals surface area contributed by atoms with Gasteiger partial charge in [-0.1, -0.05) is 70.8 Å². The lowest BCUT2D eigenvalue weighted by molar-refractivity contribution is 0.0461. The molecule has 0 spiro atoms. The molecule has 0 aromatic rings. The third kappa shape index (κ3) is 3.76. The molecule has 0 aliphatic heterocycles. The highest BCUT2D eigenvalue weighted by molar-refractivity contribution is 5.38. The highest BCUT2D eigenvalue weighted by atomic mass is 16.3. The smallest absolute Gasteiger partial charge is 0.0433 e. The van der Waals surface area contributed by atoms with Crippen molar-refractivity contribution < 1.29 is 5.11 Å². The summed E-state index contributed by atoms with van der Waals surface area (Å²) in [4.78, 5) is 0. The second-order valence-electron chi connectivity index (χ2n) is 12.4. The first-order valence-corrected chi connectivity index (χ1v) is 13.3. The van der Waals surface area contributed by atoms with Crippen molar-refractivity contribution in [3.8, 4) is 0 Å². The third-order valence-corrected chi connectivity index (χ3v) is 10.7. The molecule has 3 saturated carbocycles. The van der Waals surface area contributed by atoms with Gasteiger partial charge < -0.3 is 5.11 Å². The van der Waals surface area contributed by atoms with Crippen LogP contribution in [0.25, 0.3) is 0 Å². The fourth-order valence-corrected chi connectivity index (χ4v) is 8.67. The second-order valence-corrected chi connectivity index (χ2v) is 12.4. The Bertz CT molecular complexity index is 672.